The number of aromatic nitrogens is 1. The van der Waals surface area contributed by atoms with Gasteiger partial charge in [0.25, 0.3) is 0 Å². The summed E-state index contributed by atoms with van der Waals surface area (Å²) in [6.45, 7) is 0. The second-order valence-electron chi connectivity index (χ2n) is 3.43. The van der Waals surface area contributed by atoms with Gasteiger partial charge in [-0.05, 0) is 17.7 Å². The first kappa shape index (κ1) is 12.3. The molecule has 0 saturated heterocycles. The number of hydrogen-bond acceptors (Lipinski definition) is 3. The fraction of sp³-hybridized carbons (Fsp3) is 0.100. The van der Waals surface area contributed by atoms with Crippen LogP contribution in [0.3, 0.4) is 0 Å². The van der Waals surface area contributed by atoms with Crippen LogP contribution in [0.2, 0.25) is 0 Å². The van der Waals surface area contributed by atoms with Crippen LogP contribution in [0.1, 0.15) is 5.76 Å². The summed E-state index contributed by atoms with van der Waals surface area (Å²) in [4.78, 5) is 0. The summed E-state index contributed by atoms with van der Waals surface area (Å²) in [5, 5.41) is 2.96. The molecular formula is C10H5F5N2O. The fourth-order valence-electron chi connectivity index (χ4n) is 1.47. The molecular weight excluding hydrogens is 259 g/mol. The van der Waals surface area contributed by atoms with E-state index in [1.165, 1.54) is 0 Å². The Morgan fingerprint density at radius 3 is 2.11 bits per heavy atom. The lowest BCUT2D eigenvalue weighted by molar-refractivity contribution is -0.154. The summed E-state index contributed by atoms with van der Waals surface area (Å²) >= 11 is 0. The van der Waals surface area contributed by atoms with E-state index >= 15 is 0 Å². The second kappa shape index (κ2) is 3.97. The number of benzene rings is 1. The largest absolute Gasteiger partial charge is 0.453 e. The minimum Gasteiger partial charge on any atom is -0.380 e. The predicted octanol–water partition coefficient (Wildman–Crippen LogP) is 3.22. The van der Waals surface area contributed by atoms with Crippen molar-refractivity contribution in [1.82, 2.24) is 5.16 Å². The van der Waals surface area contributed by atoms with Crippen LogP contribution in [0.15, 0.2) is 22.7 Å². The summed E-state index contributed by atoms with van der Waals surface area (Å²) < 4.78 is 67.7. The SMILES string of the molecule is Nc1noc(C(F)(F)F)c1-c1cc(F)cc(F)c1. The van der Waals surface area contributed by atoms with Crippen molar-refractivity contribution >= 4 is 5.82 Å². The van der Waals surface area contributed by atoms with Crippen molar-refractivity contribution in [3.05, 3.63) is 35.6 Å². The van der Waals surface area contributed by atoms with Gasteiger partial charge >= 0.3 is 6.18 Å². The highest BCUT2D eigenvalue weighted by Gasteiger charge is 2.40. The highest BCUT2D eigenvalue weighted by atomic mass is 19.4. The van der Waals surface area contributed by atoms with E-state index < -0.39 is 40.5 Å². The Morgan fingerprint density at radius 1 is 1.06 bits per heavy atom. The van der Waals surface area contributed by atoms with Crippen molar-refractivity contribution in [1.29, 1.82) is 0 Å². The van der Waals surface area contributed by atoms with Gasteiger partial charge in [-0.2, -0.15) is 13.2 Å². The maximum atomic E-state index is 13.0. The Labute approximate surface area is 97.0 Å². The zero-order chi connectivity index (χ0) is 13.5. The van der Waals surface area contributed by atoms with E-state index in [0.717, 1.165) is 0 Å². The predicted molar refractivity (Wildman–Crippen MR) is 51.3 cm³/mol. The molecule has 0 bridgehead atoms. The normalized spacial score (nSPS) is 11.8. The van der Waals surface area contributed by atoms with Gasteiger partial charge in [-0.3, -0.25) is 0 Å². The Balaban J connectivity index is 2.67. The summed E-state index contributed by atoms with van der Waals surface area (Å²) in [5.41, 5.74) is 4.15. The van der Waals surface area contributed by atoms with Crippen molar-refractivity contribution < 1.29 is 26.5 Å². The van der Waals surface area contributed by atoms with Crippen molar-refractivity contribution in [2.24, 2.45) is 0 Å². The second-order valence-corrected chi connectivity index (χ2v) is 3.43. The van der Waals surface area contributed by atoms with Gasteiger partial charge in [0, 0.05) is 6.07 Å². The van der Waals surface area contributed by atoms with Gasteiger partial charge in [-0.15, -0.1) is 0 Å². The highest BCUT2D eigenvalue weighted by Crippen LogP contribution is 2.40. The Hall–Kier alpha value is -2.12. The molecule has 96 valence electrons. The van der Waals surface area contributed by atoms with Gasteiger partial charge in [0.1, 0.15) is 11.6 Å². The van der Waals surface area contributed by atoms with E-state index in [0.29, 0.717) is 18.2 Å². The average molecular weight is 264 g/mol. The topological polar surface area (TPSA) is 52.0 Å². The minimum atomic E-state index is -4.86. The summed E-state index contributed by atoms with van der Waals surface area (Å²) in [5.74, 6) is -4.14. The molecule has 0 fully saturated rings. The van der Waals surface area contributed by atoms with E-state index in [-0.39, 0.29) is 0 Å². The maximum absolute atomic E-state index is 13.0. The zero-order valence-electron chi connectivity index (χ0n) is 8.55. The van der Waals surface area contributed by atoms with Crippen LogP contribution in [0.25, 0.3) is 11.1 Å². The first-order valence-corrected chi connectivity index (χ1v) is 4.58. The van der Waals surface area contributed by atoms with E-state index in [1.807, 2.05) is 0 Å². The van der Waals surface area contributed by atoms with Crippen LogP contribution < -0.4 is 5.73 Å². The molecule has 0 unspecified atom stereocenters. The van der Waals surface area contributed by atoms with Crippen LogP contribution in [-0.4, -0.2) is 5.16 Å². The Morgan fingerprint density at radius 2 is 1.61 bits per heavy atom. The maximum Gasteiger partial charge on any atom is 0.453 e. The molecule has 0 amide bonds. The molecule has 0 spiro atoms. The van der Waals surface area contributed by atoms with E-state index in [1.54, 1.807) is 0 Å². The van der Waals surface area contributed by atoms with Gasteiger partial charge in [-0.25, -0.2) is 8.78 Å². The lowest BCUT2D eigenvalue weighted by Crippen LogP contribution is -2.05. The van der Waals surface area contributed by atoms with Crippen LogP contribution >= 0.6 is 0 Å². The lowest BCUT2D eigenvalue weighted by Gasteiger charge is -2.06. The molecule has 0 radical (unpaired) electrons. The molecule has 2 N–H and O–H groups in total. The highest BCUT2D eigenvalue weighted by molar-refractivity contribution is 5.76. The molecule has 0 aliphatic heterocycles. The third-order valence-corrected chi connectivity index (χ3v) is 2.13. The summed E-state index contributed by atoms with van der Waals surface area (Å²) in [7, 11) is 0. The van der Waals surface area contributed by atoms with Gasteiger partial charge in [0.2, 0.25) is 5.76 Å². The fourth-order valence-corrected chi connectivity index (χ4v) is 1.47. The molecule has 1 heterocycles. The third-order valence-electron chi connectivity index (χ3n) is 2.13. The Kier molecular flexibility index (Phi) is 2.72. The van der Waals surface area contributed by atoms with Crippen LogP contribution in [0, 0.1) is 11.6 Å². The smallest absolute Gasteiger partial charge is 0.380 e. The number of nitrogens with two attached hydrogens (primary N) is 1. The monoisotopic (exact) mass is 264 g/mol. The number of alkyl halides is 3. The van der Waals surface area contributed by atoms with Gasteiger partial charge in [0.15, 0.2) is 5.82 Å². The van der Waals surface area contributed by atoms with Crippen molar-refractivity contribution in [3.63, 3.8) is 0 Å². The lowest BCUT2D eigenvalue weighted by atomic mass is 10.1. The van der Waals surface area contributed by atoms with E-state index in [4.69, 9.17) is 5.73 Å². The summed E-state index contributed by atoms with van der Waals surface area (Å²) in [6, 6.07) is 1.95. The van der Waals surface area contributed by atoms with Crippen molar-refractivity contribution in [2.75, 3.05) is 5.73 Å². The first-order valence-electron chi connectivity index (χ1n) is 4.58. The quantitative estimate of drug-likeness (QED) is 0.804. The molecule has 2 aromatic rings. The van der Waals surface area contributed by atoms with E-state index in [9.17, 15) is 22.0 Å². The molecule has 0 aliphatic carbocycles. The number of rotatable bonds is 1. The number of nitrogen functional groups attached to an aromatic ring is 1. The number of hydrogen-bond donors (Lipinski definition) is 1. The van der Waals surface area contributed by atoms with Gasteiger partial charge < -0.3 is 10.3 Å². The first-order chi connectivity index (χ1) is 8.29. The van der Waals surface area contributed by atoms with E-state index in [2.05, 4.69) is 9.68 Å². The molecule has 0 atom stereocenters. The molecule has 0 saturated carbocycles. The molecule has 3 nitrogen and oxygen atoms in total. The van der Waals surface area contributed by atoms with Crippen LogP contribution in [-0.2, 0) is 6.18 Å². The molecule has 1 aromatic heterocycles. The number of nitrogens with zero attached hydrogens (tertiary/aromatic N) is 1. The standard InChI is InChI=1S/C10H5F5N2O/c11-5-1-4(2-6(12)3-5)7-8(10(13,14)15)18-17-9(7)16/h1-3H,(H2,16,17). The average Bonchev–Trinajstić information content (AvgIpc) is 2.57. The third kappa shape index (κ3) is 2.13. The van der Waals surface area contributed by atoms with Crippen molar-refractivity contribution in [2.45, 2.75) is 6.18 Å². The van der Waals surface area contributed by atoms with Gasteiger partial charge in [0.05, 0.1) is 5.56 Å². The molecule has 2 rings (SSSR count). The number of anilines is 1. The van der Waals surface area contributed by atoms with Crippen LogP contribution in [0.4, 0.5) is 27.8 Å². The molecule has 8 heteroatoms. The number of halogens is 5. The molecule has 0 aliphatic rings. The zero-order valence-corrected chi connectivity index (χ0v) is 8.55. The summed E-state index contributed by atoms with van der Waals surface area (Å²) in [6.07, 6.45) is -4.86. The minimum absolute atomic E-state index is 0.390. The molecule has 18 heavy (non-hydrogen) atoms. The molecule has 1 aromatic carbocycles. The van der Waals surface area contributed by atoms with Crippen molar-refractivity contribution in [3.8, 4) is 11.1 Å². The Bertz CT molecular complexity index is 570. The van der Waals surface area contributed by atoms with Gasteiger partial charge in [-0.1, -0.05) is 5.16 Å². The van der Waals surface area contributed by atoms with Crippen LogP contribution in [0.5, 0.6) is 0 Å².